The molecule has 1 saturated heterocycles. The van der Waals surface area contributed by atoms with Gasteiger partial charge in [-0.05, 0) is 25.3 Å². The molecule has 0 aromatic rings. The third kappa shape index (κ3) is 3.04. The van der Waals surface area contributed by atoms with Crippen molar-refractivity contribution >= 4 is 0 Å². The Morgan fingerprint density at radius 1 is 1.46 bits per heavy atom. The predicted octanol–water partition coefficient (Wildman–Crippen LogP) is 2.52. The molecule has 0 amide bonds. The minimum atomic E-state index is 0.446. The van der Waals surface area contributed by atoms with Gasteiger partial charge in [-0.1, -0.05) is 26.7 Å². The summed E-state index contributed by atoms with van der Waals surface area (Å²) in [4.78, 5) is 2.49. The van der Waals surface area contributed by atoms with Crippen LogP contribution >= 0.6 is 0 Å². The van der Waals surface area contributed by atoms with Gasteiger partial charge < -0.3 is 0 Å². The molecule has 0 aromatic heterocycles. The lowest BCUT2D eigenvalue weighted by atomic mass is 9.93. The zero-order valence-electron chi connectivity index (χ0n) is 9.35. The monoisotopic (exact) mass is 179 g/mol. The smallest absolute Gasteiger partial charge is 0.0686 e. The van der Waals surface area contributed by atoms with Crippen molar-refractivity contribution in [3.63, 3.8) is 0 Å². The fourth-order valence-corrected chi connectivity index (χ4v) is 1.83. The molecule has 0 spiro atoms. The van der Waals surface area contributed by atoms with E-state index in [0.29, 0.717) is 11.5 Å². The molecule has 1 fully saturated rings. The highest BCUT2D eigenvalue weighted by Crippen LogP contribution is 2.29. The lowest BCUT2D eigenvalue weighted by Crippen LogP contribution is -2.31. The summed E-state index contributed by atoms with van der Waals surface area (Å²) in [5.74, 6) is 6.45. The van der Waals surface area contributed by atoms with Crippen molar-refractivity contribution in [3.05, 3.63) is 0 Å². The standard InChI is InChI=1S/C12H21N/c1-5-6-7-11(2)13-9-8-12(3,4)10-13/h11H,5,8-10H2,1-4H3. The Morgan fingerprint density at radius 3 is 2.62 bits per heavy atom. The summed E-state index contributed by atoms with van der Waals surface area (Å²) >= 11 is 0. The highest BCUT2D eigenvalue weighted by Gasteiger charge is 2.30. The van der Waals surface area contributed by atoms with Crippen LogP contribution in [0.5, 0.6) is 0 Å². The van der Waals surface area contributed by atoms with Crippen molar-refractivity contribution in [1.29, 1.82) is 0 Å². The minimum absolute atomic E-state index is 0.446. The van der Waals surface area contributed by atoms with Crippen LogP contribution in [-0.4, -0.2) is 24.0 Å². The topological polar surface area (TPSA) is 3.24 Å². The molecule has 1 atom stereocenters. The van der Waals surface area contributed by atoms with Crippen molar-refractivity contribution in [2.75, 3.05) is 13.1 Å². The van der Waals surface area contributed by atoms with Gasteiger partial charge in [-0.2, -0.15) is 0 Å². The Morgan fingerprint density at radius 2 is 2.15 bits per heavy atom. The second kappa shape index (κ2) is 4.15. The SMILES string of the molecule is CCC#CC(C)N1CCC(C)(C)C1. The van der Waals surface area contributed by atoms with Crippen LogP contribution < -0.4 is 0 Å². The molecule has 74 valence electrons. The maximum absolute atomic E-state index is 3.29. The summed E-state index contributed by atoms with van der Waals surface area (Å²) in [7, 11) is 0. The van der Waals surface area contributed by atoms with Crippen molar-refractivity contribution < 1.29 is 0 Å². The van der Waals surface area contributed by atoms with E-state index in [1.54, 1.807) is 0 Å². The highest BCUT2D eigenvalue weighted by atomic mass is 15.2. The summed E-state index contributed by atoms with van der Waals surface area (Å²) in [5.41, 5.74) is 0.502. The van der Waals surface area contributed by atoms with Gasteiger partial charge in [0.15, 0.2) is 0 Å². The Hall–Kier alpha value is -0.480. The van der Waals surface area contributed by atoms with E-state index in [2.05, 4.69) is 44.4 Å². The van der Waals surface area contributed by atoms with E-state index < -0.39 is 0 Å². The number of hydrogen-bond acceptors (Lipinski definition) is 1. The van der Waals surface area contributed by atoms with Crippen LogP contribution in [0.3, 0.4) is 0 Å². The zero-order valence-corrected chi connectivity index (χ0v) is 9.35. The van der Waals surface area contributed by atoms with Gasteiger partial charge in [0, 0.05) is 13.0 Å². The van der Waals surface area contributed by atoms with Gasteiger partial charge in [-0.15, -0.1) is 5.92 Å². The Labute approximate surface area is 82.5 Å². The maximum Gasteiger partial charge on any atom is 0.0686 e. The largest absolute Gasteiger partial charge is 0.289 e. The van der Waals surface area contributed by atoms with Gasteiger partial charge >= 0.3 is 0 Å². The van der Waals surface area contributed by atoms with Crippen molar-refractivity contribution in [2.45, 2.75) is 46.6 Å². The van der Waals surface area contributed by atoms with E-state index in [4.69, 9.17) is 0 Å². The first-order valence-corrected chi connectivity index (χ1v) is 5.27. The summed E-state index contributed by atoms with van der Waals surface area (Å²) in [6.45, 7) is 11.4. The molecular formula is C12H21N. The van der Waals surface area contributed by atoms with Crippen molar-refractivity contribution in [2.24, 2.45) is 5.41 Å². The average Bonchev–Trinajstić information content (AvgIpc) is 2.42. The van der Waals surface area contributed by atoms with Gasteiger partial charge in [0.05, 0.1) is 6.04 Å². The molecule has 1 heteroatoms. The first-order valence-electron chi connectivity index (χ1n) is 5.27. The van der Waals surface area contributed by atoms with Crippen LogP contribution in [0.4, 0.5) is 0 Å². The highest BCUT2D eigenvalue weighted by molar-refractivity contribution is 5.07. The fourth-order valence-electron chi connectivity index (χ4n) is 1.83. The summed E-state index contributed by atoms with van der Waals surface area (Å²) in [5, 5.41) is 0. The average molecular weight is 179 g/mol. The summed E-state index contributed by atoms with van der Waals surface area (Å²) in [6, 6.07) is 0.446. The number of hydrogen-bond donors (Lipinski definition) is 0. The lowest BCUT2D eigenvalue weighted by Gasteiger charge is -2.22. The summed E-state index contributed by atoms with van der Waals surface area (Å²) in [6.07, 6.45) is 2.28. The number of likely N-dealkylation sites (tertiary alicyclic amines) is 1. The molecule has 0 bridgehead atoms. The molecule has 1 aliphatic heterocycles. The first kappa shape index (κ1) is 10.6. The predicted molar refractivity (Wildman–Crippen MR) is 57.5 cm³/mol. The van der Waals surface area contributed by atoms with E-state index in [9.17, 15) is 0 Å². The maximum atomic E-state index is 3.29. The van der Waals surface area contributed by atoms with Gasteiger partial charge in [0.2, 0.25) is 0 Å². The summed E-state index contributed by atoms with van der Waals surface area (Å²) < 4.78 is 0. The molecule has 13 heavy (non-hydrogen) atoms. The van der Waals surface area contributed by atoms with Crippen LogP contribution in [0.15, 0.2) is 0 Å². The zero-order chi connectivity index (χ0) is 9.90. The molecule has 0 radical (unpaired) electrons. The third-order valence-electron chi connectivity index (χ3n) is 2.74. The first-order chi connectivity index (χ1) is 6.05. The Kier molecular flexibility index (Phi) is 3.39. The molecule has 1 nitrogen and oxygen atoms in total. The van der Waals surface area contributed by atoms with Crippen LogP contribution in [0, 0.1) is 17.3 Å². The Balaban J connectivity index is 2.46. The van der Waals surface area contributed by atoms with E-state index in [1.807, 2.05) is 0 Å². The fraction of sp³-hybridized carbons (Fsp3) is 0.833. The molecule has 0 aliphatic carbocycles. The molecule has 1 unspecified atom stereocenters. The van der Waals surface area contributed by atoms with E-state index in [-0.39, 0.29) is 0 Å². The molecule has 1 rings (SSSR count). The molecule has 0 aromatic carbocycles. The minimum Gasteiger partial charge on any atom is -0.289 e. The van der Waals surface area contributed by atoms with E-state index in [0.717, 1.165) is 6.42 Å². The molecule has 1 aliphatic rings. The van der Waals surface area contributed by atoms with E-state index >= 15 is 0 Å². The lowest BCUT2D eigenvalue weighted by molar-refractivity contribution is 0.268. The van der Waals surface area contributed by atoms with Crippen molar-refractivity contribution in [3.8, 4) is 11.8 Å². The molecular weight excluding hydrogens is 158 g/mol. The Bertz CT molecular complexity index is 219. The van der Waals surface area contributed by atoms with Crippen LogP contribution in [-0.2, 0) is 0 Å². The van der Waals surface area contributed by atoms with Gasteiger partial charge in [0.1, 0.15) is 0 Å². The van der Waals surface area contributed by atoms with Crippen LogP contribution in [0.1, 0.15) is 40.5 Å². The second-order valence-electron chi connectivity index (χ2n) is 4.74. The van der Waals surface area contributed by atoms with Crippen molar-refractivity contribution in [1.82, 2.24) is 4.90 Å². The number of rotatable bonds is 1. The quantitative estimate of drug-likeness (QED) is 0.559. The third-order valence-corrected chi connectivity index (χ3v) is 2.74. The van der Waals surface area contributed by atoms with Crippen LogP contribution in [0.25, 0.3) is 0 Å². The van der Waals surface area contributed by atoms with Gasteiger partial charge in [0.25, 0.3) is 0 Å². The normalized spacial score (nSPS) is 23.7. The molecule has 0 saturated carbocycles. The molecule has 0 N–H and O–H groups in total. The van der Waals surface area contributed by atoms with Gasteiger partial charge in [-0.3, -0.25) is 4.90 Å². The van der Waals surface area contributed by atoms with Gasteiger partial charge in [-0.25, -0.2) is 0 Å². The second-order valence-corrected chi connectivity index (χ2v) is 4.74. The van der Waals surface area contributed by atoms with E-state index in [1.165, 1.54) is 19.5 Å². The van der Waals surface area contributed by atoms with Crippen LogP contribution in [0.2, 0.25) is 0 Å². The molecule has 1 heterocycles. The number of nitrogens with zero attached hydrogens (tertiary/aromatic N) is 1.